The molecule has 0 atom stereocenters. The highest BCUT2D eigenvalue weighted by atomic mass is 32.1. The maximum absolute atomic E-state index is 12.1. The SMILES string of the molecule is CCCCCC(=O)Nc1ccc(-c2nc3ccccc3s2)c(OCC(=O)O)c1. The maximum Gasteiger partial charge on any atom is 0.341 e. The highest BCUT2D eigenvalue weighted by Gasteiger charge is 2.14. The summed E-state index contributed by atoms with van der Waals surface area (Å²) in [5, 5.41) is 12.6. The van der Waals surface area contributed by atoms with E-state index in [9.17, 15) is 9.59 Å². The Morgan fingerprint density at radius 3 is 2.75 bits per heavy atom. The summed E-state index contributed by atoms with van der Waals surface area (Å²) < 4.78 is 6.52. The van der Waals surface area contributed by atoms with Gasteiger partial charge < -0.3 is 15.2 Å². The Bertz CT molecular complexity index is 950. The fourth-order valence-corrected chi connectivity index (χ4v) is 3.78. The van der Waals surface area contributed by atoms with Crippen LogP contribution in [0.4, 0.5) is 5.69 Å². The van der Waals surface area contributed by atoms with Crippen molar-refractivity contribution in [3.05, 3.63) is 42.5 Å². The van der Waals surface area contributed by atoms with Gasteiger partial charge in [0.15, 0.2) is 6.61 Å². The minimum Gasteiger partial charge on any atom is -0.481 e. The molecule has 3 aromatic rings. The molecule has 7 heteroatoms. The number of amides is 1. The summed E-state index contributed by atoms with van der Waals surface area (Å²) in [6.45, 7) is 1.62. The minimum absolute atomic E-state index is 0.0645. The molecule has 0 saturated heterocycles. The zero-order valence-corrected chi connectivity index (χ0v) is 16.4. The number of ether oxygens (including phenoxy) is 1. The molecule has 1 heterocycles. The van der Waals surface area contributed by atoms with Crippen LogP contribution < -0.4 is 10.1 Å². The van der Waals surface area contributed by atoms with E-state index in [4.69, 9.17) is 9.84 Å². The number of benzene rings is 2. The van der Waals surface area contributed by atoms with Crippen LogP contribution in [0, 0.1) is 0 Å². The van der Waals surface area contributed by atoms with Crippen LogP contribution in [-0.4, -0.2) is 28.6 Å². The van der Waals surface area contributed by atoms with Gasteiger partial charge in [0.2, 0.25) is 5.91 Å². The first-order valence-electron chi connectivity index (χ1n) is 9.21. The number of aromatic nitrogens is 1. The number of hydrogen-bond acceptors (Lipinski definition) is 5. The van der Waals surface area contributed by atoms with Gasteiger partial charge in [-0.2, -0.15) is 0 Å². The van der Waals surface area contributed by atoms with E-state index in [1.165, 1.54) is 11.3 Å². The Morgan fingerprint density at radius 2 is 2.00 bits per heavy atom. The molecule has 0 saturated carbocycles. The number of hydrogen-bond donors (Lipinski definition) is 2. The molecule has 3 rings (SSSR count). The number of carbonyl (C=O) groups excluding carboxylic acids is 1. The van der Waals surface area contributed by atoms with E-state index in [1.54, 1.807) is 18.2 Å². The standard InChI is InChI=1S/C21H22N2O4S/c1-2-3-4-9-19(24)22-14-10-11-15(17(12-14)27-13-20(25)26)21-23-16-7-5-6-8-18(16)28-21/h5-8,10-12H,2-4,9,13H2,1H3,(H,22,24)(H,25,26). The second-order valence-electron chi connectivity index (χ2n) is 6.39. The minimum atomic E-state index is -1.07. The van der Waals surface area contributed by atoms with Crippen molar-refractivity contribution in [3.8, 4) is 16.3 Å². The van der Waals surface area contributed by atoms with Gasteiger partial charge in [-0.15, -0.1) is 11.3 Å². The average molecular weight is 398 g/mol. The average Bonchev–Trinajstić information content (AvgIpc) is 3.10. The first-order valence-corrected chi connectivity index (χ1v) is 10.0. The van der Waals surface area contributed by atoms with Crippen LogP contribution in [0.25, 0.3) is 20.8 Å². The number of carboxylic acids is 1. The van der Waals surface area contributed by atoms with Crippen LogP contribution in [0.3, 0.4) is 0 Å². The van der Waals surface area contributed by atoms with Gasteiger partial charge in [0.25, 0.3) is 0 Å². The van der Waals surface area contributed by atoms with Crippen LogP contribution in [0.2, 0.25) is 0 Å². The van der Waals surface area contributed by atoms with Crippen molar-refractivity contribution in [2.45, 2.75) is 32.6 Å². The predicted octanol–water partition coefficient (Wildman–Crippen LogP) is 4.95. The zero-order valence-electron chi connectivity index (χ0n) is 15.6. The van der Waals surface area contributed by atoms with E-state index in [2.05, 4.69) is 17.2 Å². The monoisotopic (exact) mass is 398 g/mol. The van der Waals surface area contributed by atoms with Gasteiger partial charge in [0, 0.05) is 18.2 Å². The van der Waals surface area contributed by atoms with E-state index in [-0.39, 0.29) is 5.91 Å². The normalized spacial score (nSPS) is 10.8. The summed E-state index contributed by atoms with van der Waals surface area (Å²) in [5.41, 5.74) is 2.15. The Morgan fingerprint density at radius 1 is 1.18 bits per heavy atom. The van der Waals surface area contributed by atoms with Gasteiger partial charge in [-0.25, -0.2) is 9.78 Å². The maximum atomic E-state index is 12.1. The summed E-state index contributed by atoms with van der Waals surface area (Å²) in [7, 11) is 0. The second-order valence-corrected chi connectivity index (χ2v) is 7.42. The zero-order chi connectivity index (χ0) is 19.9. The summed E-state index contributed by atoms with van der Waals surface area (Å²) >= 11 is 1.51. The van der Waals surface area contributed by atoms with Gasteiger partial charge in [-0.05, 0) is 30.7 Å². The molecule has 0 bridgehead atoms. The first kappa shape index (κ1) is 19.8. The lowest BCUT2D eigenvalue weighted by atomic mass is 10.1. The van der Waals surface area contributed by atoms with Crippen molar-refractivity contribution in [1.29, 1.82) is 0 Å². The summed E-state index contributed by atoms with van der Waals surface area (Å²) in [5.74, 6) is -0.748. The number of nitrogens with one attached hydrogen (secondary N) is 1. The lowest BCUT2D eigenvalue weighted by molar-refractivity contribution is -0.139. The molecule has 0 aliphatic rings. The third kappa shape index (κ3) is 5.07. The molecule has 0 aliphatic heterocycles. The second kappa shape index (κ2) is 9.32. The number of nitrogens with zero attached hydrogens (tertiary/aromatic N) is 1. The van der Waals surface area contributed by atoms with Gasteiger partial charge in [-0.1, -0.05) is 31.9 Å². The van der Waals surface area contributed by atoms with Gasteiger partial charge in [0.05, 0.1) is 15.8 Å². The van der Waals surface area contributed by atoms with Crippen molar-refractivity contribution in [3.63, 3.8) is 0 Å². The van der Waals surface area contributed by atoms with E-state index in [1.807, 2.05) is 24.3 Å². The lowest BCUT2D eigenvalue weighted by Gasteiger charge is -2.11. The van der Waals surface area contributed by atoms with Crippen molar-refractivity contribution < 1.29 is 19.4 Å². The molecule has 0 radical (unpaired) electrons. The van der Waals surface area contributed by atoms with E-state index in [0.717, 1.165) is 34.5 Å². The Labute approximate surface area is 167 Å². The first-order chi connectivity index (χ1) is 13.6. The predicted molar refractivity (Wildman–Crippen MR) is 111 cm³/mol. The van der Waals surface area contributed by atoms with Crippen molar-refractivity contribution >= 4 is 39.1 Å². The Hall–Kier alpha value is -2.93. The fraction of sp³-hybridized carbons (Fsp3) is 0.286. The molecule has 0 unspecified atom stereocenters. The number of anilines is 1. The van der Waals surface area contributed by atoms with Gasteiger partial charge in [0.1, 0.15) is 10.8 Å². The number of para-hydroxylation sites is 1. The number of aliphatic carboxylic acids is 1. The number of rotatable bonds is 9. The highest BCUT2D eigenvalue weighted by Crippen LogP contribution is 2.37. The van der Waals surface area contributed by atoms with Crippen molar-refractivity contribution in [2.24, 2.45) is 0 Å². The molecule has 0 spiro atoms. The topological polar surface area (TPSA) is 88.5 Å². The van der Waals surface area contributed by atoms with E-state index < -0.39 is 12.6 Å². The van der Waals surface area contributed by atoms with Crippen molar-refractivity contribution in [2.75, 3.05) is 11.9 Å². The number of carboxylic acid groups (broad SMARTS) is 1. The smallest absolute Gasteiger partial charge is 0.341 e. The van der Waals surface area contributed by atoms with Gasteiger partial charge in [-0.3, -0.25) is 4.79 Å². The summed E-state index contributed by atoms with van der Waals surface area (Å²) in [6, 6.07) is 13.0. The number of carbonyl (C=O) groups is 2. The van der Waals surface area contributed by atoms with E-state index in [0.29, 0.717) is 23.4 Å². The third-order valence-electron chi connectivity index (χ3n) is 4.15. The largest absolute Gasteiger partial charge is 0.481 e. The molecule has 6 nitrogen and oxygen atoms in total. The van der Waals surface area contributed by atoms with Crippen LogP contribution in [-0.2, 0) is 9.59 Å². The molecule has 28 heavy (non-hydrogen) atoms. The quantitative estimate of drug-likeness (QED) is 0.498. The Kier molecular flexibility index (Phi) is 6.60. The molecule has 146 valence electrons. The fourth-order valence-electron chi connectivity index (χ4n) is 2.78. The third-order valence-corrected chi connectivity index (χ3v) is 5.22. The molecule has 2 N–H and O–H groups in total. The highest BCUT2D eigenvalue weighted by molar-refractivity contribution is 7.21. The number of unbranched alkanes of at least 4 members (excludes halogenated alkanes) is 2. The number of thiazole rings is 1. The van der Waals surface area contributed by atoms with Crippen LogP contribution in [0.5, 0.6) is 5.75 Å². The van der Waals surface area contributed by atoms with Crippen LogP contribution in [0.15, 0.2) is 42.5 Å². The molecular formula is C21H22N2O4S. The van der Waals surface area contributed by atoms with E-state index >= 15 is 0 Å². The van der Waals surface area contributed by atoms with Crippen LogP contribution in [0.1, 0.15) is 32.6 Å². The van der Waals surface area contributed by atoms with Crippen LogP contribution >= 0.6 is 11.3 Å². The molecule has 2 aromatic carbocycles. The molecule has 1 aromatic heterocycles. The molecular weight excluding hydrogens is 376 g/mol. The molecule has 1 amide bonds. The number of fused-ring (bicyclic) bond motifs is 1. The lowest BCUT2D eigenvalue weighted by Crippen LogP contribution is -2.12. The Balaban J connectivity index is 1.86. The summed E-state index contributed by atoms with van der Waals surface area (Å²) in [6.07, 6.45) is 3.36. The van der Waals surface area contributed by atoms with Crippen molar-refractivity contribution in [1.82, 2.24) is 4.98 Å². The summed E-state index contributed by atoms with van der Waals surface area (Å²) in [4.78, 5) is 27.7. The van der Waals surface area contributed by atoms with Gasteiger partial charge >= 0.3 is 5.97 Å². The molecule has 0 aliphatic carbocycles. The molecule has 0 fully saturated rings.